The van der Waals surface area contributed by atoms with Gasteiger partial charge in [-0.25, -0.2) is 0 Å². The second kappa shape index (κ2) is 11.8. The molecular formula is C50H41N3S2. The molecule has 55 heavy (non-hydrogen) atoms. The first kappa shape index (κ1) is 32.5. The first-order valence-corrected chi connectivity index (χ1v) is 22.3. The molecule has 0 unspecified atom stereocenters. The number of anilines is 3. The number of fused-ring (bicyclic) bond motifs is 8. The Labute approximate surface area is 325 Å². The predicted molar refractivity (Wildman–Crippen MR) is 231 cm³/mol. The fraction of sp³-hybridized carbons (Fsp3) is 0.0800. The molecule has 2 aromatic heterocycles. The summed E-state index contributed by atoms with van der Waals surface area (Å²) >= 11 is 0. The number of nitrogens with one attached hydrogen (secondary N) is 2. The van der Waals surface area contributed by atoms with E-state index in [1.165, 1.54) is 61.2 Å². The van der Waals surface area contributed by atoms with Crippen LogP contribution in [0.5, 0.6) is 0 Å². The van der Waals surface area contributed by atoms with Crippen LogP contribution in [0.1, 0.15) is 26.3 Å². The Morgan fingerprint density at radius 2 is 0.745 bits per heavy atom. The monoisotopic (exact) mass is 747 g/mol. The van der Waals surface area contributed by atoms with Gasteiger partial charge in [-0.15, -0.1) is 20.1 Å². The summed E-state index contributed by atoms with van der Waals surface area (Å²) in [5.41, 5.74) is 4.80. The lowest BCUT2D eigenvalue weighted by Crippen LogP contribution is -2.29. The molecule has 2 aliphatic heterocycles. The molecule has 0 saturated heterocycles. The first-order valence-electron chi connectivity index (χ1n) is 19.0. The van der Waals surface area contributed by atoms with Gasteiger partial charge in [-0.1, -0.05) is 130 Å². The Bertz CT molecular complexity index is 2640. The number of hydrogen-bond acceptors (Lipinski definition) is 1. The highest BCUT2D eigenvalue weighted by Crippen LogP contribution is 2.87. The third-order valence-electron chi connectivity index (χ3n) is 11.5. The quantitative estimate of drug-likeness (QED) is 0.185. The van der Waals surface area contributed by atoms with Crippen LogP contribution in [0.3, 0.4) is 0 Å². The molecule has 0 spiro atoms. The predicted octanol–water partition coefficient (Wildman–Crippen LogP) is 14.7. The van der Waals surface area contributed by atoms with Gasteiger partial charge in [0.15, 0.2) is 0 Å². The molecule has 3 nitrogen and oxygen atoms in total. The first-order chi connectivity index (χ1) is 26.9. The van der Waals surface area contributed by atoms with Gasteiger partial charge >= 0.3 is 0 Å². The summed E-state index contributed by atoms with van der Waals surface area (Å²) in [4.78, 5) is 21.6. The molecule has 0 atom stereocenters. The normalized spacial score (nSPS) is 16.2. The van der Waals surface area contributed by atoms with Crippen molar-refractivity contribution in [3.05, 3.63) is 188 Å². The number of H-pyrrole nitrogens is 2. The minimum Gasteiger partial charge on any atom is -0.340 e. The van der Waals surface area contributed by atoms with Crippen LogP contribution < -0.4 is 4.90 Å². The van der Waals surface area contributed by atoms with Crippen molar-refractivity contribution < 1.29 is 0 Å². The molecule has 0 amide bonds. The minimum atomic E-state index is -2.09. The molecule has 268 valence electrons. The highest BCUT2D eigenvalue weighted by atomic mass is 32.3. The Hall–Kier alpha value is -5.88. The smallest absolute Gasteiger partial charge is 0.130 e. The van der Waals surface area contributed by atoms with Gasteiger partial charge in [-0.3, -0.25) is 4.90 Å². The SMILES string of the molecule is CC(C)(C)c1cc2c3c(c1)S(c1ccccc1)(c1ccccc1)c1c([nH]c4ccccc14)N3c1[nH]c3ccccc3c1S2(c1ccccc1)c1ccccc1. The fourth-order valence-corrected chi connectivity index (χ4v) is 17.9. The lowest BCUT2D eigenvalue weighted by Gasteiger charge is -2.55. The number of para-hydroxylation sites is 2. The summed E-state index contributed by atoms with van der Waals surface area (Å²) in [7, 11) is -4.18. The Morgan fingerprint density at radius 1 is 0.418 bits per heavy atom. The van der Waals surface area contributed by atoms with E-state index in [9.17, 15) is 0 Å². The van der Waals surface area contributed by atoms with Crippen molar-refractivity contribution in [2.75, 3.05) is 4.90 Å². The molecule has 7 aromatic carbocycles. The molecule has 11 rings (SSSR count). The van der Waals surface area contributed by atoms with Crippen molar-refractivity contribution in [3.63, 3.8) is 0 Å². The van der Waals surface area contributed by atoms with E-state index in [0.29, 0.717) is 0 Å². The molecule has 0 aliphatic carbocycles. The second-order valence-corrected chi connectivity index (χ2v) is 21.6. The van der Waals surface area contributed by atoms with E-state index in [-0.39, 0.29) is 5.41 Å². The molecule has 0 bridgehead atoms. The van der Waals surface area contributed by atoms with E-state index in [2.05, 4.69) is 218 Å². The van der Waals surface area contributed by atoms with Gasteiger partial charge in [0.2, 0.25) is 0 Å². The van der Waals surface area contributed by atoms with E-state index in [0.717, 1.165) is 22.7 Å². The van der Waals surface area contributed by atoms with Gasteiger partial charge < -0.3 is 9.97 Å². The molecule has 0 fully saturated rings. The third-order valence-corrected chi connectivity index (χ3v) is 19.4. The van der Waals surface area contributed by atoms with E-state index in [1.807, 2.05) is 0 Å². The summed E-state index contributed by atoms with van der Waals surface area (Å²) in [6, 6.07) is 68.6. The molecule has 4 heterocycles. The number of aromatic amines is 2. The maximum absolute atomic E-state index is 4.09. The summed E-state index contributed by atoms with van der Waals surface area (Å²) in [5.74, 6) is 2.28. The summed E-state index contributed by atoms with van der Waals surface area (Å²) in [5, 5.41) is 2.53. The zero-order chi connectivity index (χ0) is 36.9. The van der Waals surface area contributed by atoms with Gasteiger partial charge in [-0.2, -0.15) is 0 Å². The van der Waals surface area contributed by atoms with Crippen LogP contribution in [-0.2, 0) is 5.41 Å². The Balaban J connectivity index is 1.45. The summed E-state index contributed by atoms with van der Waals surface area (Å²) < 4.78 is 0. The highest BCUT2D eigenvalue weighted by molar-refractivity contribution is 8.35. The van der Waals surface area contributed by atoms with Gasteiger partial charge in [0.05, 0.1) is 15.5 Å². The minimum absolute atomic E-state index is 0.131. The maximum atomic E-state index is 4.09. The van der Waals surface area contributed by atoms with Crippen LogP contribution >= 0.6 is 20.1 Å². The average Bonchev–Trinajstić information content (AvgIpc) is 3.82. The molecule has 2 aliphatic rings. The average molecular weight is 748 g/mol. The van der Waals surface area contributed by atoms with Crippen molar-refractivity contribution in [3.8, 4) is 0 Å². The number of rotatable bonds is 4. The second-order valence-electron chi connectivity index (χ2n) is 15.6. The molecule has 0 saturated carbocycles. The van der Waals surface area contributed by atoms with Crippen molar-refractivity contribution in [1.82, 2.24) is 9.97 Å². The van der Waals surface area contributed by atoms with Gasteiger partial charge in [0.1, 0.15) is 11.6 Å². The number of nitrogens with zero attached hydrogens (tertiary/aromatic N) is 1. The number of aromatic nitrogens is 2. The van der Waals surface area contributed by atoms with E-state index in [1.54, 1.807) is 0 Å². The number of hydrogen-bond donors (Lipinski definition) is 2. The van der Waals surface area contributed by atoms with Gasteiger partial charge in [0, 0.05) is 51.2 Å². The largest absolute Gasteiger partial charge is 0.340 e. The van der Waals surface area contributed by atoms with Crippen molar-refractivity contribution in [2.45, 2.75) is 65.4 Å². The number of benzene rings is 7. The topological polar surface area (TPSA) is 34.8 Å². The van der Waals surface area contributed by atoms with Crippen molar-refractivity contribution in [1.29, 1.82) is 0 Å². The molecule has 9 aromatic rings. The van der Waals surface area contributed by atoms with Gasteiger partial charge in [-0.05, 0) is 83.8 Å². The van der Waals surface area contributed by atoms with E-state index in [4.69, 9.17) is 0 Å². The van der Waals surface area contributed by atoms with Crippen LogP contribution in [0.15, 0.2) is 221 Å². The maximum Gasteiger partial charge on any atom is 0.130 e. The fourth-order valence-electron chi connectivity index (χ4n) is 9.15. The van der Waals surface area contributed by atoms with Crippen LogP contribution in [0.25, 0.3) is 21.8 Å². The van der Waals surface area contributed by atoms with Crippen LogP contribution in [0.4, 0.5) is 17.3 Å². The van der Waals surface area contributed by atoms with Crippen LogP contribution in [0, 0.1) is 0 Å². The molecule has 5 heteroatoms. The zero-order valence-corrected chi connectivity index (χ0v) is 32.7. The van der Waals surface area contributed by atoms with E-state index >= 15 is 0 Å². The molecule has 2 N–H and O–H groups in total. The lowest BCUT2D eigenvalue weighted by molar-refractivity contribution is 0.586. The third kappa shape index (κ3) is 4.31. The Morgan fingerprint density at radius 3 is 1.09 bits per heavy atom. The highest BCUT2D eigenvalue weighted by Gasteiger charge is 2.53. The summed E-state index contributed by atoms with van der Waals surface area (Å²) in [6.07, 6.45) is 0. The molecule has 0 radical (unpaired) electrons. The lowest BCUT2D eigenvalue weighted by atomic mass is 9.87. The Kier molecular flexibility index (Phi) is 6.99. The van der Waals surface area contributed by atoms with Crippen LogP contribution in [0.2, 0.25) is 0 Å². The zero-order valence-electron chi connectivity index (χ0n) is 31.1. The van der Waals surface area contributed by atoms with Crippen molar-refractivity contribution >= 4 is 59.2 Å². The van der Waals surface area contributed by atoms with E-state index < -0.39 is 20.1 Å². The summed E-state index contributed by atoms with van der Waals surface area (Å²) in [6.45, 7) is 7.13. The van der Waals surface area contributed by atoms with Crippen LogP contribution in [-0.4, -0.2) is 9.97 Å². The molecular weight excluding hydrogens is 707 g/mol. The van der Waals surface area contributed by atoms with Gasteiger partial charge in [0.25, 0.3) is 0 Å². The van der Waals surface area contributed by atoms with Crippen molar-refractivity contribution in [2.24, 2.45) is 0 Å². The standard InChI is InChI=1S/C50H41N3S2/c1-50(2,3)34-32-43-45-44(33-34)55(37-24-12-6-13-25-37,38-26-14-7-15-27-38)47-40-29-17-19-31-42(40)52-49(47)53(45)48-46(39-28-16-18-30-41(39)51-48)54(43,35-20-8-4-9-21-35)36-22-10-5-11-23-36/h4-33,51-52H,1-3H3.